The number of hydrogen-bond acceptors (Lipinski definition) is 2. The van der Waals surface area contributed by atoms with E-state index in [-0.39, 0.29) is 6.61 Å². The molecule has 0 heterocycles. The Morgan fingerprint density at radius 1 is 1.25 bits per heavy atom. The summed E-state index contributed by atoms with van der Waals surface area (Å²) in [5, 5.41) is 18.5. The third kappa shape index (κ3) is 2.06. The van der Waals surface area contributed by atoms with Gasteiger partial charge in [-0.3, -0.25) is 0 Å². The molecule has 0 amide bonds. The van der Waals surface area contributed by atoms with Crippen molar-refractivity contribution in [2.75, 3.05) is 6.61 Å². The smallest absolute Gasteiger partial charge is 0.0890 e. The van der Waals surface area contributed by atoms with E-state index in [1.807, 2.05) is 30.3 Å². The van der Waals surface area contributed by atoms with Crippen molar-refractivity contribution in [3.63, 3.8) is 0 Å². The Hall–Kier alpha value is -0.860. The van der Waals surface area contributed by atoms with Crippen LogP contribution >= 0.6 is 0 Å². The van der Waals surface area contributed by atoms with Crippen molar-refractivity contribution in [1.82, 2.24) is 0 Å². The van der Waals surface area contributed by atoms with Crippen LogP contribution in [0.5, 0.6) is 0 Å². The summed E-state index contributed by atoms with van der Waals surface area (Å²) in [6, 6.07) is 9.37. The molecule has 0 bridgehead atoms. The third-order valence-electron chi connectivity index (χ3n) is 1.99. The fourth-order valence-electron chi connectivity index (χ4n) is 1.16. The largest absolute Gasteiger partial charge is 0.396 e. The lowest BCUT2D eigenvalue weighted by Gasteiger charge is -2.22. The van der Waals surface area contributed by atoms with Gasteiger partial charge in [-0.05, 0) is 12.5 Å². The van der Waals surface area contributed by atoms with Gasteiger partial charge in [0.25, 0.3) is 0 Å². The Balaban J connectivity index is 2.82. The summed E-state index contributed by atoms with van der Waals surface area (Å²) in [5.74, 6) is 0. The summed E-state index contributed by atoms with van der Waals surface area (Å²) in [5.41, 5.74) is -0.0604. The van der Waals surface area contributed by atoms with Gasteiger partial charge in [-0.15, -0.1) is 0 Å². The Kier molecular flexibility index (Phi) is 2.84. The maximum Gasteiger partial charge on any atom is 0.0890 e. The minimum Gasteiger partial charge on any atom is -0.396 e. The van der Waals surface area contributed by atoms with Crippen molar-refractivity contribution in [1.29, 1.82) is 0 Å². The van der Waals surface area contributed by atoms with Crippen LogP contribution in [0.15, 0.2) is 30.3 Å². The number of hydrogen-bond donors (Lipinski definition) is 2. The van der Waals surface area contributed by atoms with Crippen LogP contribution in [0.4, 0.5) is 0 Å². The normalized spacial score (nSPS) is 15.6. The molecule has 1 rings (SSSR count). The quantitative estimate of drug-likeness (QED) is 0.710. The molecule has 0 aliphatic carbocycles. The molecular formula is C10H14O2. The Morgan fingerprint density at radius 3 is 2.33 bits per heavy atom. The summed E-state index contributed by atoms with van der Waals surface area (Å²) < 4.78 is 0. The molecule has 12 heavy (non-hydrogen) atoms. The molecule has 0 unspecified atom stereocenters. The van der Waals surface area contributed by atoms with E-state index < -0.39 is 5.60 Å². The Bertz CT molecular complexity index is 229. The average molecular weight is 166 g/mol. The number of aliphatic hydroxyl groups excluding tert-OH is 1. The first kappa shape index (κ1) is 9.23. The first-order valence-electron chi connectivity index (χ1n) is 4.05. The lowest BCUT2D eigenvalue weighted by molar-refractivity contribution is 0.0299. The van der Waals surface area contributed by atoms with Crippen LogP contribution in [0.25, 0.3) is 0 Å². The molecule has 2 nitrogen and oxygen atoms in total. The van der Waals surface area contributed by atoms with Crippen LogP contribution in [-0.4, -0.2) is 16.8 Å². The zero-order valence-corrected chi connectivity index (χ0v) is 7.20. The van der Waals surface area contributed by atoms with Gasteiger partial charge in [-0.2, -0.15) is 0 Å². The van der Waals surface area contributed by atoms with Crippen molar-refractivity contribution < 1.29 is 10.2 Å². The highest BCUT2D eigenvalue weighted by Gasteiger charge is 2.21. The summed E-state index contributed by atoms with van der Waals surface area (Å²) in [6.45, 7) is 1.71. The highest BCUT2D eigenvalue weighted by atomic mass is 16.3. The first-order chi connectivity index (χ1) is 5.67. The standard InChI is InChI=1S/C10H14O2/c1-10(12,7-8-11)9-5-3-2-4-6-9/h2-6,11-12H,7-8H2,1H3/t10-/m1/s1. The molecule has 2 N–H and O–H groups in total. The fourth-order valence-corrected chi connectivity index (χ4v) is 1.16. The van der Waals surface area contributed by atoms with Crippen molar-refractivity contribution >= 4 is 0 Å². The first-order valence-corrected chi connectivity index (χ1v) is 4.05. The van der Waals surface area contributed by atoms with E-state index >= 15 is 0 Å². The Labute approximate surface area is 72.5 Å². The van der Waals surface area contributed by atoms with Crippen LogP contribution in [0.3, 0.4) is 0 Å². The van der Waals surface area contributed by atoms with Gasteiger partial charge in [0.2, 0.25) is 0 Å². The van der Waals surface area contributed by atoms with Crippen LogP contribution in [0, 0.1) is 0 Å². The van der Waals surface area contributed by atoms with E-state index in [4.69, 9.17) is 5.11 Å². The van der Waals surface area contributed by atoms with Crippen molar-refractivity contribution in [2.24, 2.45) is 0 Å². The molecule has 0 spiro atoms. The van der Waals surface area contributed by atoms with Crippen LogP contribution in [0.2, 0.25) is 0 Å². The van der Waals surface area contributed by atoms with Gasteiger partial charge in [0.1, 0.15) is 0 Å². The summed E-state index contributed by atoms with van der Waals surface area (Å²) in [4.78, 5) is 0. The van der Waals surface area contributed by atoms with Gasteiger partial charge in [-0.25, -0.2) is 0 Å². The van der Waals surface area contributed by atoms with E-state index in [9.17, 15) is 5.11 Å². The second-order valence-electron chi connectivity index (χ2n) is 3.11. The van der Waals surface area contributed by atoms with Gasteiger partial charge < -0.3 is 10.2 Å². The van der Waals surface area contributed by atoms with Gasteiger partial charge in [0, 0.05) is 13.0 Å². The minimum absolute atomic E-state index is 0.00188. The zero-order valence-electron chi connectivity index (χ0n) is 7.20. The summed E-state index contributed by atoms with van der Waals surface area (Å²) >= 11 is 0. The predicted molar refractivity (Wildman–Crippen MR) is 47.7 cm³/mol. The van der Waals surface area contributed by atoms with Gasteiger partial charge in [0.15, 0.2) is 0 Å². The van der Waals surface area contributed by atoms with Crippen molar-refractivity contribution in [2.45, 2.75) is 18.9 Å². The monoisotopic (exact) mass is 166 g/mol. The number of benzene rings is 1. The molecule has 2 heteroatoms. The lowest BCUT2D eigenvalue weighted by atomic mass is 9.93. The highest BCUT2D eigenvalue weighted by molar-refractivity contribution is 5.21. The lowest BCUT2D eigenvalue weighted by Crippen LogP contribution is -2.22. The SMILES string of the molecule is C[C@@](O)(CCO)c1ccccc1. The topological polar surface area (TPSA) is 40.5 Å². The molecule has 0 saturated heterocycles. The van der Waals surface area contributed by atoms with Crippen molar-refractivity contribution in [3.05, 3.63) is 35.9 Å². The van der Waals surface area contributed by atoms with E-state index in [1.54, 1.807) is 6.92 Å². The molecule has 1 aromatic carbocycles. The molecule has 0 aliphatic heterocycles. The fraction of sp³-hybridized carbons (Fsp3) is 0.400. The molecular weight excluding hydrogens is 152 g/mol. The van der Waals surface area contributed by atoms with Crippen LogP contribution in [0.1, 0.15) is 18.9 Å². The van der Waals surface area contributed by atoms with E-state index in [1.165, 1.54) is 0 Å². The van der Waals surface area contributed by atoms with Crippen molar-refractivity contribution in [3.8, 4) is 0 Å². The predicted octanol–water partition coefficient (Wildman–Crippen LogP) is 1.28. The number of aliphatic hydroxyl groups is 2. The third-order valence-corrected chi connectivity index (χ3v) is 1.99. The summed E-state index contributed by atoms with van der Waals surface area (Å²) in [7, 11) is 0. The molecule has 0 saturated carbocycles. The van der Waals surface area contributed by atoms with Gasteiger partial charge >= 0.3 is 0 Å². The zero-order chi connectivity index (χ0) is 9.03. The van der Waals surface area contributed by atoms with E-state index in [2.05, 4.69) is 0 Å². The molecule has 0 aromatic heterocycles. The maximum atomic E-state index is 9.83. The minimum atomic E-state index is -0.907. The molecule has 66 valence electrons. The molecule has 1 atom stereocenters. The van der Waals surface area contributed by atoms with Crippen LogP contribution < -0.4 is 0 Å². The second-order valence-corrected chi connectivity index (χ2v) is 3.11. The van der Waals surface area contributed by atoms with Gasteiger partial charge in [-0.1, -0.05) is 30.3 Å². The average Bonchev–Trinajstić information content (AvgIpc) is 2.06. The van der Waals surface area contributed by atoms with E-state index in [0.717, 1.165) is 5.56 Å². The molecule has 0 aliphatic rings. The highest BCUT2D eigenvalue weighted by Crippen LogP contribution is 2.23. The Morgan fingerprint density at radius 2 is 1.83 bits per heavy atom. The molecule has 1 aromatic rings. The van der Waals surface area contributed by atoms with Crippen LogP contribution in [-0.2, 0) is 5.60 Å². The molecule has 0 radical (unpaired) electrons. The maximum absolute atomic E-state index is 9.83. The summed E-state index contributed by atoms with van der Waals surface area (Å²) in [6.07, 6.45) is 0.372. The second kappa shape index (κ2) is 3.70. The molecule has 0 fully saturated rings. The number of rotatable bonds is 3. The van der Waals surface area contributed by atoms with E-state index in [0.29, 0.717) is 6.42 Å². The van der Waals surface area contributed by atoms with Gasteiger partial charge in [0.05, 0.1) is 5.60 Å².